The van der Waals surface area contributed by atoms with Crippen molar-refractivity contribution in [2.45, 2.75) is 38.4 Å². The molecule has 1 fully saturated rings. The fraction of sp³-hybridized carbons (Fsp3) is 0.429. The molecule has 3 aromatic heterocycles. The Morgan fingerprint density at radius 3 is 2.81 bits per heavy atom. The average molecular weight is 450 g/mol. The highest BCUT2D eigenvalue weighted by atomic mass is 19.4. The number of amides is 1. The van der Waals surface area contributed by atoms with Crippen molar-refractivity contribution in [3.05, 3.63) is 42.6 Å². The zero-order chi connectivity index (χ0) is 22.9. The summed E-state index contributed by atoms with van der Waals surface area (Å²) >= 11 is 0. The topological polar surface area (TPSA) is 66.6 Å². The van der Waals surface area contributed by atoms with Gasteiger partial charge in [0.15, 0.2) is 5.82 Å². The van der Waals surface area contributed by atoms with Crippen LogP contribution in [0.25, 0.3) is 17.2 Å². The molecule has 1 atom stereocenters. The van der Waals surface area contributed by atoms with Crippen LogP contribution >= 0.6 is 0 Å². The van der Waals surface area contributed by atoms with E-state index in [9.17, 15) is 22.4 Å². The first-order valence-electron chi connectivity index (χ1n) is 10.3. The Morgan fingerprint density at radius 2 is 2.06 bits per heavy atom. The van der Waals surface area contributed by atoms with Crippen LogP contribution in [0.1, 0.15) is 26.2 Å². The molecule has 4 heterocycles. The molecule has 0 unspecified atom stereocenters. The summed E-state index contributed by atoms with van der Waals surface area (Å²) in [6, 6.07) is 4.41. The number of likely N-dealkylation sites (N-methyl/N-ethyl adjacent to an activating group) is 1. The number of carbonyl (C=O) groups is 1. The SMILES string of the molecule is CCN(c1ccnc(-c2cnc3ccc(F)cn23)n1)[C@@H]1CCCN(C(=O)CC(F)(F)F)C1. The predicted octanol–water partition coefficient (Wildman–Crippen LogP) is 3.70. The maximum Gasteiger partial charge on any atom is 0.397 e. The number of carbonyl (C=O) groups excluding carboxylic acids is 1. The lowest BCUT2D eigenvalue weighted by Gasteiger charge is -2.39. The highest BCUT2D eigenvalue weighted by molar-refractivity contribution is 5.77. The number of alkyl halides is 3. The number of piperidine rings is 1. The van der Waals surface area contributed by atoms with Crippen molar-refractivity contribution in [3.8, 4) is 11.5 Å². The molecule has 1 amide bonds. The zero-order valence-electron chi connectivity index (χ0n) is 17.4. The van der Waals surface area contributed by atoms with Crippen LogP contribution in [0, 0.1) is 5.82 Å². The minimum atomic E-state index is -4.52. The van der Waals surface area contributed by atoms with E-state index < -0.39 is 24.3 Å². The van der Waals surface area contributed by atoms with Gasteiger partial charge in [0.1, 0.15) is 29.4 Å². The van der Waals surface area contributed by atoms with E-state index in [0.29, 0.717) is 42.5 Å². The third-order valence-corrected chi connectivity index (χ3v) is 5.52. The maximum atomic E-state index is 13.7. The molecule has 1 saturated heterocycles. The summed E-state index contributed by atoms with van der Waals surface area (Å²) in [7, 11) is 0. The van der Waals surface area contributed by atoms with Crippen molar-refractivity contribution < 1.29 is 22.4 Å². The van der Waals surface area contributed by atoms with Gasteiger partial charge < -0.3 is 9.80 Å². The highest BCUT2D eigenvalue weighted by Gasteiger charge is 2.36. The first kappa shape index (κ1) is 22.0. The number of imidazole rings is 1. The van der Waals surface area contributed by atoms with Crippen LogP contribution in [-0.4, -0.2) is 62.0 Å². The summed E-state index contributed by atoms with van der Waals surface area (Å²) in [5.74, 6) is -0.401. The van der Waals surface area contributed by atoms with Gasteiger partial charge in [0.25, 0.3) is 0 Å². The Hall–Kier alpha value is -3.24. The Bertz CT molecular complexity index is 1120. The molecule has 4 rings (SSSR count). The molecule has 0 spiro atoms. The maximum absolute atomic E-state index is 13.7. The molecule has 11 heteroatoms. The van der Waals surface area contributed by atoms with E-state index in [1.165, 1.54) is 17.2 Å². The second kappa shape index (κ2) is 8.71. The van der Waals surface area contributed by atoms with Gasteiger partial charge in [0.2, 0.25) is 5.91 Å². The van der Waals surface area contributed by atoms with E-state index in [0.717, 1.165) is 6.42 Å². The van der Waals surface area contributed by atoms with Crippen LogP contribution in [0.15, 0.2) is 36.8 Å². The van der Waals surface area contributed by atoms with Gasteiger partial charge in [-0.2, -0.15) is 13.2 Å². The van der Waals surface area contributed by atoms with E-state index in [1.54, 1.807) is 28.9 Å². The molecule has 0 saturated carbocycles. The molecule has 0 N–H and O–H groups in total. The number of hydrogen-bond donors (Lipinski definition) is 0. The number of aromatic nitrogens is 4. The van der Waals surface area contributed by atoms with E-state index in [-0.39, 0.29) is 12.6 Å². The van der Waals surface area contributed by atoms with Crippen LogP contribution in [-0.2, 0) is 4.79 Å². The standard InChI is InChI=1S/C21H22F4N6O/c1-2-30(15-4-3-9-29(13-15)19(32)10-21(23,24)25)18-7-8-26-20(28-18)16-11-27-17-6-5-14(22)12-31(16)17/h5-8,11-12,15H,2-4,9-10,13H2,1H3/t15-/m1/s1. The molecule has 170 valence electrons. The van der Waals surface area contributed by atoms with Crippen molar-refractivity contribution in [3.63, 3.8) is 0 Å². The summed E-state index contributed by atoms with van der Waals surface area (Å²) in [6.07, 6.45) is -0.204. The van der Waals surface area contributed by atoms with Crippen molar-refractivity contribution in [1.29, 1.82) is 0 Å². The van der Waals surface area contributed by atoms with Gasteiger partial charge >= 0.3 is 6.18 Å². The third-order valence-electron chi connectivity index (χ3n) is 5.52. The number of hydrogen-bond acceptors (Lipinski definition) is 5. The predicted molar refractivity (Wildman–Crippen MR) is 109 cm³/mol. The first-order chi connectivity index (χ1) is 15.2. The smallest absolute Gasteiger partial charge is 0.352 e. The third kappa shape index (κ3) is 4.66. The lowest BCUT2D eigenvalue weighted by Crippen LogP contribution is -2.50. The Balaban J connectivity index is 1.58. The van der Waals surface area contributed by atoms with E-state index in [4.69, 9.17) is 0 Å². The molecule has 0 aromatic carbocycles. The van der Waals surface area contributed by atoms with Gasteiger partial charge in [-0.05, 0) is 38.0 Å². The second-order valence-corrected chi connectivity index (χ2v) is 7.67. The monoisotopic (exact) mass is 450 g/mol. The van der Waals surface area contributed by atoms with Crippen LogP contribution in [0.2, 0.25) is 0 Å². The Morgan fingerprint density at radius 1 is 1.25 bits per heavy atom. The van der Waals surface area contributed by atoms with Crippen molar-refractivity contribution in [2.24, 2.45) is 0 Å². The fourth-order valence-electron chi connectivity index (χ4n) is 4.08. The lowest BCUT2D eigenvalue weighted by atomic mass is 10.0. The Labute approximate surface area is 181 Å². The van der Waals surface area contributed by atoms with E-state index in [2.05, 4.69) is 15.0 Å². The number of rotatable bonds is 5. The number of halogens is 4. The second-order valence-electron chi connectivity index (χ2n) is 7.67. The summed E-state index contributed by atoms with van der Waals surface area (Å²) in [5.41, 5.74) is 1.07. The van der Waals surface area contributed by atoms with Crippen LogP contribution in [0.5, 0.6) is 0 Å². The molecule has 32 heavy (non-hydrogen) atoms. The van der Waals surface area contributed by atoms with Crippen LogP contribution in [0.3, 0.4) is 0 Å². The number of likely N-dealkylation sites (tertiary alicyclic amines) is 1. The number of nitrogens with zero attached hydrogens (tertiary/aromatic N) is 6. The van der Waals surface area contributed by atoms with E-state index in [1.807, 2.05) is 11.8 Å². The number of pyridine rings is 1. The number of fused-ring (bicyclic) bond motifs is 1. The van der Waals surface area contributed by atoms with Crippen LogP contribution < -0.4 is 4.90 Å². The first-order valence-corrected chi connectivity index (χ1v) is 10.3. The van der Waals surface area contributed by atoms with Gasteiger partial charge in [-0.3, -0.25) is 9.20 Å². The summed E-state index contributed by atoms with van der Waals surface area (Å²) in [5, 5.41) is 0. The van der Waals surface area contributed by atoms with E-state index >= 15 is 0 Å². The van der Waals surface area contributed by atoms with Crippen molar-refractivity contribution in [2.75, 3.05) is 24.5 Å². The quantitative estimate of drug-likeness (QED) is 0.555. The molecule has 7 nitrogen and oxygen atoms in total. The molecular weight excluding hydrogens is 428 g/mol. The highest BCUT2D eigenvalue weighted by Crippen LogP contribution is 2.26. The Kier molecular flexibility index (Phi) is 5.98. The van der Waals surface area contributed by atoms with Gasteiger partial charge in [0.05, 0.1) is 6.20 Å². The van der Waals surface area contributed by atoms with Crippen LogP contribution in [0.4, 0.5) is 23.4 Å². The molecule has 3 aromatic rings. The minimum absolute atomic E-state index is 0.173. The molecular formula is C21H22F4N6O. The average Bonchev–Trinajstić information content (AvgIpc) is 3.16. The van der Waals surface area contributed by atoms with Crippen molar-refractivity contribution in [1.82, 2.24) is 24.3 Å². The zero-order valence-corrected chi connectivity index (χ0v) is 17.4. The minimum Gasteiger partial charge on any atom is -0.352 e. The molecule has 0 aliphatic carbocycles. The lowest BCUT2D eigenvalue weighted by molar-refractivity contribution is -0.162. The summed E-state index contributed by atoms with van der Waals surface area (Å²) in [6.45, 7) is 2.97. The van der Waals surface area contributed by atoms with Gasteiger partial charge in [-0.25, -0.2) is 19.3 Å². The van der Waals surface area contributed by atoms with Gasteiger partial charge in [0, 0.05) is 38.1 Å². The van der Waals surface area contributed by atoms with Gasteiger partial charge in [-0.1, -0.05) is 0 Å². The summed E-state index contributed by atoms with van der Waals surface area (Å²) < 4.78 is 53.3. The largest absolute Gasteiger partial charge is 0.397 e. The molecule has 1 aliphatic heterocycles. The normalized spacial score (nSPS) is 17.0. The molecule has 0 bridgehead atoms. The molecule has 1 aliphatic rings. The van der Waals surface area contributed by atoms with Gasteiger partial charge in [-0.15, -0.1) is 0 Å². The summed E-state index contributed by atoms with van der Waals surface area (Å²) in [4.78, 5) is 28.5. The fourth-order valence-corrected chi connectivity index (χ4v) is 4.08. The van der Waals surface area contributed by atoms with Crippen molar-refractivity contribution >= 4 is 17.4 Å². The molecule has 0 radical (unpaired) electrons. The number of anilines is 1.